The lowest BCUT2D eigenvalue weighted by molar-refractivity contribution is -0.113. The second-order valence-corrected chi connectivity index (χ2v) is 8.19. The van der Waals surface area contributed by atoms with Crippen LogP contribution in [0.15, 0.2) is 46.8 Å². The Morgan fingerprint density at radius 2 is 1.93 bits per heavy atom. The van der Waals surface area contributed by atoms with Crippen LogP contribution in [-0.2, 0) is 4.79 Å². The van der Waals surface area contributed by atoms with Crippen molar-refractivity contribution in [3.63, 3.8) is 0 Å². The summed E-state index contributed by atoms with van der Waals surface area (Å²) in [6, 6.07) is 11.2. The van der Waals surface area contributed by atoms with Gasteiger partial charge in [0.2, 0.25) is 11.0 Å². The fourth-order valence-corrected chi connectivity index (χ4v) is 3.85. The summed E-state index contributed by atoms with van der Waals surface area (Å²) < 4.78 is 13.8. The molecule has 6 nitrogen and oxygen atoms in total. The molecule has 0 saturated carbocycles. The highest BCUT2D eigenvalue weighted by Crippen LogP contribution is 2.26. The molecule has 0 spiro atoms. The zero-order valence-electron chi connectivity index (χ0n) is 15.2. The number of carbonyl (C=O) groups is 2. The second-order valence-electron chi connectivity index (χ2n) is 5.99. The summed E-state index contributed by atoms with van der Waals surface area (Å²) in [6.07, 6.45) is 0. The van der Waals surface area contributed by atoms with Gasteiger partial charge in [0, 0.05) is 11.3 Å². The first-order chi connectivity index (χ1) is 13.4. The summed E-state index contributed by atoms with van der Waals surface area (Å²) >= 11 is 2.37. The normalized spacial score (nSPS) is 10.5. The third kappa shape index (κ3) is 5.37. The molecule has 28 heavy (non-hydrogen) atoms. The van der Waals surface area contributed by atoms with E-state index in [9.17, 15) is 14.0 Å². The Balaban J connectivity index is 1.53. The van der Waals surface area contributed by atoms with Crippen LogP contribution in [-0.4, -0.2) is 27.8 Å². The number of nitrogens with zero attached hydrogens (tertiary/aromatic N) is 2. The summed E-state index contributed by atoms with van der Waals surface area (Å²) in [5.74, 6) is -0.949. The number of rotatable bonds is 6. The Morgan fingerprint density at radius 1 is 1.11 bits per heavy atom. The molecule has 0 aliphatic rings. The van der Waals surface area contributed by atoms with Gasteiger partial charge in [-0.25, -0.2) is 4.39 Å². The lowest BCUT2D eigenvalue weighted by Gasteiger charge is -2.08. The third-order valence-corrected chi connectivity index (χ3v) is 5.68. The fourth-order valence-electron chi connectivity index (χ4n) is 2.30. The number of aromatic nitrogens is 2. The van der Waals surface area contributed by atoms with Crippen LogP contribution in [0.4, 0.5) is 15.2 Å². The lowest BCUT2D eigenvalue weighted by Crippen LogP contribution is -2.14. The molecule has 0 unspecified atom stereocenters. The van der Waals surface area contributed by atoms with Crippen LogP contribution in [0.1, 0.15) is 21.5 Å². The van der Waals surface area contributed by atoms with E-state index in [2.05, 4.69) is 20.8 Å². The molecule has 0 radical (unpaired) electrons. The first kappa shape index (κ1) is 20.0. The number of hydrogen-bond acceptors (Lipinski definition) is 6. The highest BCUT2D eigenvalue weighted by molar-refractivity contribution is 8.01. The minimum Gasteiger partial charge on any atom is -0.325 e. The first-order valence-corrected chi connectivity index (χ1v) is 10.1. The number of anilines is 2. The van der Waals surface area contributed by atoms with Gasteiger partial charge >= 0.3 is 0 Å². The number of carbonyl (C=O) groups excluding carboxylic acids is 2. The molecule has 0 saturated heterocycles. The number of amides is 2. The highest BCUT2D eigenvalue weighted by atomic mass is 32.2. The molecule has 0 atom stereocenters. The van der Waals surface area contributed by atoms with Gasteiger partial charge in [-0.3, -0.25) is 14.9 Å². The van der Waals surface area contributed by atoms with Crippen molar-refractivity contribution >= 4 is 45.7 Å². The smallest absolute Gasteiger partial charge is 0.257 e. The maximum absolute atomic E-state index is 13.2. The minimum absolute atomic E-state index is 0.153. The van der Waals surface area contributed by atoms with Crippen LogP contribution in [0.5, 0.6) is 0 Å². The molecule has 2 amide bonds. The fraction of sp³-hybridized carbons (Fsp3) is 0.158. The quantitative estimate of drug-likeness (QED) is 0.463. The topological polar surface area (TPSA) is 84.0 Å². The van der Waals surface area contributed by atoms with Gasteiger partial charge in [0.1, 0.15) is 5.82 Å². The molecule has 0 aliphatic heterocycles. The second kappa shape index (κ2) is 8.94. The Hall–Kier alpha value is -2.78. The minimum atomic E-state index is -0.490. The van der Waals surface area contributed by atoms with Gasteiger partial charge in [0.25, 0.3) is 5.91 Å². The van der Waals surface area contributed by atoms with E-state index in [1.807, 2.05) is 32.0 Å². The van der Waals surface area contributed by atoms with E-state index in [-0.39, 0.29) is 22.4 Å². The Bertz CT molecular complexity index is 1020. The van der Waals surface area contributed by atoms with E-state index < -0.39 is 11.7 Å². The van der Waals surface area contributed by atoms with Crippen molar-refractivity contribution in [2.45, 2.75) is 18.2 Å². The monoisotopic (exact) mass is 416 g/mol. The first-order valence-electron chi connectivity index (χ1n) is 8.31. The Kier molecular flexibility index (Phi) is 6.37. The van der Waals surface area contributed by atoms with E-state index in [0.29, 0.717) is 4.34 Å². The molecule has 1 heterocycles. The van der Waals surface area contributed by atoms with Gasteiger partial charge in [-0.15, -0.1) is 10.2 Å². The van der Waals surface area contributed by atoms with Crippen LogP contribution in [0.25, 0.3) is 0 Å². The average Bonchev–Trinajstić information content (AvgIpc) is 3.10. The molecule has 0 bridgehead atoms. The summed E-state index contributed by atoms with van der Waals surface area (Å²) in [5.41, 5.74) is 3.03. The number of benzene rings is 2. The van der Waals surface area contributed by atoms with Gasteiger partial charge in [0.05, 0.1) is 5.75 Å². The third-order valence-electron chi connectivity index (χ3n) is 3.71. The maximum atomic E-state index is 13.2. The lowest BCUT2D eigenvalue weighted by atomic mass is 10.1. The highest BCUT2D eigenvalue weighted by Gasteiger charge is 2.13. The Labute approximate surface area is 169 Å². The number of hydrogen-bond donors (Lipinski definition) is 2. The molecule has 1 aromatic heterocycles. The SMILES string of the molecule is Cc1ccc(C)c(NC(=O)CSc2nnc(NC(=O)c3cccc(F)c3)s2)c1. The molecule has 9 heteroatoms. The summed E-state index contributed by atoms with van der Waals surface area (Å²) in [4.78, 5) is 24.3. The average molecular weight is 417 g/mol. The molecule has 2 N–H and O–H groups in total. The maximum Gasteiger partial charge on any atom is 0.257 e. The van der Waals surface area contributed by atoms with E-state index >= 15 is 0 Å². The van der Waals surface area contributed by atoms with Crippen molar-refractivity contribution < 1.29 is 14.0 Å². The molecule has 3 rings (SSSR count). The summed E-state index contributed by atoms with van der Waals surface area (Å²) in [6.45, 7) is 3.89. The standard InChI is InChI=1S/C19H17FN4O2S2/c1-11-6-7-12(2)15(8-11)21-16(25)10-27-19-24-23-18(28-19)22-17(26)13-4-3-5-14(20)9-13/h3-9H,10H2,1-2H3,(H,21,25)(H,22,23,26). The van der Waals surface area contributed by atoms with Crippen molar-refractivity contribution in [2.75, 3.05) is 16.4 Å². The number of aryl methyl sites for hydroxylation is 2. The van der Waals surface area contributed by atoms with Gasteiger partial charge < -0.3 is 5.32 Å². The predicted octanol–water partition coefficient (Wildman–Crippen LogP) is 4.28. The van der Waals surface area contributed by atoms with Crippen molar-refractivity contribution in [3.05, 3.63) is 65.0 Å². The van der Waals surface area contributed by atoms with E-state index in [1.54, 1.807) is 0 Å². The molecule has 0 aliphatic carbocycles. The molecule has 0 fully saturated rings. The molecule has 3 aromatic rings. The van der Waals surface area contributed by atoms with E-state index in [0.717, 1.165) is 34.2 Å². The predicted molar refractivity (Wildman–Crippen MR) is 110 cm³/mol. The van der Waals surface area contributed by atoms with Crippen LogP contribution in [0.3, 0.4) is 0 Å². The number of halogens is 1. The van der Waals surface area contributed by atoms with Gasteiger partial charge in [-0.1, -0.05) is 41.3 Å². The molecule has 144 valence electrons. The Morgan fingerprint density at radius 3 is 2.71 bits per heavy atom. The largest absolute Gasteiger partial charge is 0.325 e. The summed E-state index contributed by atoms with van der Waals surface area (Å²) in [7, 11) is 0. The van der Waals surface area contributed by atoms with Gasteiger partial charge in [0.15, 0.2) is 4.34 Å². The van der Waals surface area contributed by atoms with Crippen LogP contribution in [0, 0.1) is 19.7 Å². The van der Waals surface area contributed by atoms with Crippen molar-refractivity contribution in [1.82, 2.24) is 10.2 Å². The molecular formula is C19H17FN4O2S2. The number of nitrogens with one attached hydrogen (secondary N) is 2. The molecule has 2 aromatic carbocycles. The van der Waals surface area contributed by atoms with Gasteiger partial charge in [-0.2, -0.15) is 0 Å². The summed E-state index contributed by atoms with van der Waals surface area (Å²) in [5, 5.41) is 13.6. The van der Waals surface area contributed by atoms with E-state index in [4.69, 9.17) is 0 Å². The molecular weight excluding hydrogens is 399 g/mol. The van der Waals surface area contributed by atoms with E-state index in [1.165, 1.54) is 30.0 Å². The zero-order chi connectivity index (χ0) is 20.1. The van der Waals surface area contributed by atoms with Crippen molar-refractivity contribution in [3.8, 4) is 0 Å². The number of thioether (sulfide) groups is 1. The van der Waals surface area contributed by atoms with Crippen LogP contribution < -0.4 is 10.6 Å². The van der Waals surface area contributed by atoms with Crippen molar-refractivity contribution in [1.29, 1.82) is 0 Å². The van der Waals surface area contributed by atoms with Gasteiger partial charge in [-0.05, 0) is 49.2 Å². The van der Waals surface area contributed by atoms with Crippen LogP contribution in [0.2, 0.25) is 0 Å². The van der Waals surface area contributed by atoms with Crippen LogP contribution >= 0.6 is 23.1 Å². The van der Waals surface area contributed by atoms with Crippen molar-refractivity contribution in [2.24, 2.45) is 0 Å². The zero-order valence-corrected chi connectivity index (χ0v) is 16.8.